The number of hydrogen-bond acceptors (Lipinski definition) is 4. The van der Waals surface area contributed by atoms with Crippen LogP contribution in [-0.4, -0.2) is 23.4 Å². The van der Waals surface area contributed by atoms with Crippen LogP contribution < -0.4 is 10.6 Å². The van der Waals surface area contributed by atoms with Gasteiger partial charge in [-0.05, 0) is 12.8 Å². The molecule has 6 nitrogen and oxygen atoms in total. The van der Waals surface area contributed by atoms with E-state index >= 15 is 0 Å². The quantitative estimate of drug-likeness (QED) is 0.624. The fraction of sp³-hybridized carbons (Fsp3) is 0.417. The van der Waals surface area contributed by atoms with E-state index in [0.717, 1.165) is 25.0 Å². The highest BCUT2D eigenvalue weighted by molar-refractivity contribution is 6.31. The Balaban J connectivity index is 1.95. The van der Waals surface area contributed by atoms with Gasteiger partial charge in [-0.1, -0.05) is 11.6 Å². The van der Waals surface area contributed by atoms with Gasteiger partial charge in [-0.15, -0.1) is 0 Å². The molecule has 1 fully saturated rings. The monoisotopic (exact) mass is 301 g/mol. The highest BCUT2D eigenvalue weighted by Crippen LogP contribution is 2.30. The van der Waals surface area contributed by atoms with E-state index in [1.165, 1.54) is 0 Å². The summed E-state index contributed by atoms with van der Waals surface area (Å²) >= 11 is 5.51. The molecule has 2 rings (SSSR count). The Hall–Kier alpha value is -1.89. The summed E-state index contributed by atoms with van der Waals surface area (Å²) in [6.07, 6.45) is 2.15. The Bertz CT molecular complexity index is 549. The Morgan fingerprint density at radius 3 is 2.80 bits per heavy atom. The third-order valence-electron chi connectivity index (χ3n) is 2.85. The van der Waals surface area contributed by atoms with Crippen LogP contribution in [0.1, 0.15) is 19.3 Å². The molecule has 0 aliphatic heterocycles. The first-order valence-corrected chi connectivity index (χ1v) is 6.52. The van der Waals surface area contributed by atoms with Crippen LogP contribution in [0.25, 0.3) is 0 Å². The molecule has 0 atom stereocenters. The third kappa shape index (κ3) is 3.80. The zero-order chi connectivity index (χ0) is 14.7. The number of anilines is 1. The molecule has 0 bridgehead atoms. The van der Waals surface area contributed by atoms with Crippen molar-refractivity contribution in [2.45, 2.75) is 25.3 Å². The molecule has 0 saturated heterocycles. The Morgan fingerprint density at radius 2 is 2.20 bits per heavy atom. The van der Waals surface area contributed by atoms with Gasteiger partial charge in [0.1, 0.15) is 11.5 Å². The van der Waals surface area contributed by atoms with Crippen molar-refractivity contribution in [1.82, 2.24) is 5.32 Å². The summed E-state index contributed by atoms with van der Waals surface area (Å²) in [4.78, 5) is 21.6. The lowest BCUT2D eigenvalue weighted by molar-refractivity contribution is -0.384. The number of rotatable bonds is 6. The average molecular weight is 302 g/mol. The molecule has 1 aliphatic carbocycles. The van der Waals surface area contributed by atoms with Crippen molar-refractivity contribution < 1.29 is 14.1 Å². The predicted molar refractivity (Wildman–Crippen MR) is 72.3 cm³/mol. The molecule has 0 aromatic heterocycles. The van der Waals surface area contributed by atoms with Crippen molar-refractivity contribution in [3.63, 3.8) is 0 Å². The topological polar surface area (TPSA) is 84.3 Å². The summed E-state index contributed by atoms with van der Waals surface area (Å²) in [6, 6.07) is 2.17. The van der Waals surface area contributed by atoms with Crippen molar-refractivity contribution in [1.29, 1.82) is 0 Å². The lowest BCUT2D eigenvalue weighted by atomic mass is 10.2. The second-order valence-electron chi connectivity index (χ2n) is 4.56. The Morgan fingerprint density at radius 1 is 1.50 bits per heavy atom. The normalized spacial score (nSPS) is 13.9. The third-order valence-corrected chi connectivity index (χ3v) is 3.13. The van der Waals surface area contributed by atoms with Gasteiger partial charge in [-0.25, -0.2) is 4.39 Å². The fourth-order valence-electron chi connectivity index (χ4n) is 1.67. The Labute approximate surface area is 119 Å². The van der Waals surface area contributed by atoms with Gasteiger partial charge in [0.2, 0.25) is 5.91 Å². The minimum atomic E-state index is -0.748. The second kappa shape index (κ2) is 6.04. The van der Waals surface area contributed by atoms with E-state index < -0.39 is 10.7 Å². The van der Waals surface area contributed by atoms with E-state index in [9.17, 15) is 19.3 Å². The molecule has 0 spiro atoms. The van der Waals surface area contributed by atoms with E-state index in [-0.39, 0.29) is 41.3 Å². The Kier molecular flexibility index (Phi) is 4.39. The van der Waals surface area contributed by atoms with E-state index in [1.54, 1.807) is 0 Å². The van der Waals surface area contributed by atoms with Crippen molar-refractivity contribution >= 4 is 28.9 Å². The molecule has 1 aromatic rings. The van der Waals surface area contributed by atoms with Gasteiger partial charge in [0.25, 0.3) is 5.69 Å². The first-order chi connectivity index (χ1) is 9.47. The molecule has 108 valence electrons. The predicted octanol–water partition coefficient (Wildman–Crippen LogP) is 2.47. The highest BCUT2D eigenvalue weighted by atomic mass is 35.5. The molecular weight excluding hydrogens is 289 g/mol. The minimum Gasteiger partial charge on any atom is -0.379 e. The molecule has 1 aliphatic rings. The van der Waals surface area contributed by atoms with Crippen molar-refractivity contribution in [2.24, 2.45) is 0 Å². The van der Waals surface area contributed by atoms with Crippen LogP contribution in [0, 0.1) is 15.9 Å². The SMILES string of the molecule is O=C(CCNc1cc(F)c(Cl)cc1[N+](=O)[O-])NC1CC1. The summed E-state index contributed by atoms with van der Waals surface area (Å²) < 4.78 is 13.3. The van der Waals surface area contributed by atoms with Gasteiger partial charge >= 0.3 is 0 Å². The molecule has 1 aromatic carbocycles. The zero-order valence-corrected chi connectivity index (χ0v) is 11.2. The molecule has 0 heterocycles. The molecule has 1 amide bonds. The highest BCUT2D eigenvalue weighted by Gasteiger charge is 2.23. The van der Waals surface area contributed by atoms with Crippen LogP contribution in [0.2, 0.25) is 5.02 Å². The number of carbonyl (C=O) groups is 1. The number of nitro benzene ring substituents is 1. The number of amides is 1. The maximum atomic E-state index is 13.3. The van der Waals surface area contributed by atoms with Gasteiger partial charge in [-0.3, -0.25) is 14.9 Å². The van der Waals surface area contributed by atoms with Crippen LogP contribution in [0.15, 0.2) is 12.1 Å². The van der Waals surface area contributed by atoms with E-state index in [0.29, 0.717) is 0 Å². The standard InChI is InChI=1S/C12H13ClFN3O3/c13-8-5-11(17(19)20)10(6-9(8)14)15-4-3-12(18)16-7-1-2-7/h5-7,15H,1-4H2,(H,16,18). The maximum absolute atomic E-state index is 13.3. The summed E-state index contributed by atoms with van der Waals surface area (Å²) in [5.74, 6) is -0.876. The number of carbonyl (C=O) groups excluding carboxylic acids is 1. The van der Waals surface area contributed by atoms with E-state index in [1.807, 2.05) is 0 Å². The minimum absolute atomic E-state index is 0.0103. The number of halogens is 2. The van der Waals surface area contributed by atoms with Gasteiger partial charge < -0.3 is 10.6 Å². The summed E-state index contributed by atoms with van der Waals surface area (Å²) in [5.41, 5.74) is -0.310. The molecule has 8 heteroatoms. The number of hydrogen-bond donors (Lipinski definition) is 2. The number of nitrogens with zero attached hydrogens (tertiary/aromatic N) is 1. The van der Waals surface area contributed by atoms with Gasteiger partial charge in [0.05, 0.1) is 9.95 Å². The molecule has 0 unspecified atom stereocenters. The average Bonchev–Trinajstić information content (AvgIpc) is 3.16. The maximum Gasteiger partial charge on any atom is 0.294 e. The zero-order valence-electron chi connectivity index (χ0n) is 10.5. The van der Waals surface area contributed by atoms with E-state index in [2.05, 4.69) is 10.6 Å². The summed E-state index contributed by atoms with van der Waals surface area (Å²) in [7, 11) is 0. The number of nitrogens with one attached hydrogen (secondary N) is 2. The second-order valence-corrected chi connectivity index (χ2v) is 4.97. The van der Waals surface area contributed by atoms with Gasteiger partial charge in [-0.2, -0.15) is 0 Å². The van der Waals surface area contributed by atoms with Crippen molar-refractivity contribution in [2.75, 3.05) is 11.9 Å². The fourth-order valence-corrected chi connectivity index (χ4v) is 1.83. The molecule has 20 heavy (non-hydrogen) atoms. The van der Waals surface area contributed by atoms with Crippen LogP contribution >= 0.6 is 11.6 Å². The molecule has 0 radical (unpaired) electrons. The van der Waals surface area contributed by atoms with Crippen LogP contribution in [0.4, 0.5) is 15.8 Å². The summed E-state index contributed by atoms with van der Waals surface area (Å²) in [6.45, 7) is 0.181. The van der Waals surface area contributed by atoms with Gasteiger partial charge in [0.15, 0.2) is 0 Å². The summed E-state index contributed by atoms with van der Waals surface area (Å²) in [5, 5.41) is 16.0. The first-order valence-electron chi connectivity index (χ1n) is 6.14. The first kappa shape index (κ1) is 14.5. The molecule has 1 saturated carbocycles. The smallest absolute Gasteiger partial charge is 0.294 e. The number of benzene rings is 1. The lowest BCUT2D eigenvalue weighted by Crippen LogP contribution is -2.27. The van der Waals surface area contributed by atoms with Crippen LogP contribution in [0.3, 0.4) is 0 Å². The van der Waals surface area contributed by atoms with E-state index in [4.69, 9.17) is 11.6 Å². The largest absolute Gasteiger partial charge is 0.379 e. The number of nitro groups is 1. The molecule has 2 N–H and O–H groups in total. The van der Waals surface area contributed by atoms with Crippen molar-refractivity contribution in [3.05, 3.63) is 33.1 Å². The van der Waals surface area contributed by atoms with Crippen molar-refractivity contribution in [3.8, 4) is 0 Å². The van der Waals surface area contributed by atoms with Gasteiger partial charge in [0, 0.05) is 31.1 Å². The van der Waals surface area contributed by atoms with Crippen LogP contribution in [0.5, 0.6) is 0 Å². The molecular formula is C12H13ClFN3O3. The lowest BCUT2D eigenvalue weighted by Gasteiger charge is -2.08. The van der Waals surface area contributed by atoms with Crippen LogP contribution in [-0.2, 0) is 4.79 Å².